The van der Waals surface area contributed by atoms with Crippen molar-refractivity contribution in [3.63, 3.8) is 0 Å². The van der Waals surface area contributed by atoms with Gasteiger partial charge in [-0.05, 0) is 25.0 Å². The Balaban J connectivity index is 2.11. The number of hydrogen-bond donors (Lipinski definition) is 1. The van der Waals surface area contributed by atoms with Crippen LogP contribution in [0.25, 0.3) is 11.5 Å². The van der Waals surface area contributed by atoms with Gasteiger partial charge in [-0.3, -0.25) is 0 Å². The monoisotopic (exact) mass is 229 g/mol. The van der Waals surface area contributed by atoms with E-state index in [4.69, 9.17) is 5.73 Å². The minimum Gasteiger partial charge on any atom is -0.384 e. The summed E-state index contributed by atoms with van der Waals surface area (Å²) < 4.78 is 2.21. The largest absolute Gasteiger partial charge is 0.384 e. The van der Waals surface area contributed by atoms with Crippen molar-refractivity contribution in [3.05, 3.63) is 24.0 Å². The summed E-state index contributed by atoms with van der Waals surface area (Å²) in [6.45, 7) is 2.19. The van der Waals surface area contributed by atoms with Crippen LogP contribution in [0.1, 0.15) is 31.6 Å². The Morgan fingerprint density at radius 1 is 1.41 bits per heavy atom. The Labute approximate surface area is 99.7 Å². The molecule has 5 nitrogen and oxygen atoms in total. The summed E-state index contributed by atoms with van der Waals surface area (Å²) in [5.41, 5.74) is 6.52. The van der Waals surface area contributed by atoms with Crippen molar-refractivity contribution in [2.24, 2.45) is 0 Å². The van der Waals surface area contributed by atoms with Crippen LogP contribution in [0.15, 0.2) is 18.2 Å². The number of aryl methyl sites for hydroxylation is 1. The Morgan fingerprint density at radius 2 is 2.29 bits per heavy atom. The highest BCUT2D eigenvalue weighted by Crippen LogP contribution is 2.32. The Hall–Kier alpha value is -1.91. The molecular weight excluding hydrogens is 214 g/mol. The maximum atomic E-state index is 5.71. The molecular formula is C12H15N5. The zero-order valence-corrected chi connectivity index (χ0v) is 9.80. The van der Waals surface area contributed by atoms with E-state index in [1.165, 1.54) is 0 Å². The average Bonchev–Trinajstić information content (AvgIpc) is 2.89. The number of rotatable bonds is 2. The number of nitrogen functional groups attached to an aromatic ring is 1. The molecule has 3 rings (SSSR count). The number of anilines is 1. The molecule has 2 N–H and O–H groups in total. The van der Waals surface area contributed by atoms with Crippen molar-refractivity contribution >= 4 is 5.82 Å². The van der Waals surface area contributed by atoms with E-state index in [1.54, 1.807) is 6.07 Å². The lowest BCUT2D eigenvalue weighted by Crippen LogP contribution is -2.06. The number of nitrogens with zero attached hydrogens (tertiary/aromatic N) is 4. The zero-order valence-electron chi connectivity index (χ0n) is 9.80. The van der Waals surface area contributed by atoms with Crippen LogP contribution in [0.5, 0.6) is 0 Å². The van der Waals surface area contributed by atoms with Crippen LogP contribution in [0.2, 0.25) is 0 Å². The van der Waals surface area contributed by atoms with Gasteiger partial charge in [-0.25, -0.2) is 4.98 Å². The number of nitrogens with two attached hydrogens (primary N) is 1. The van der Waals surface area contributed by atoms with Crippen LogP contribution in [0.4, 0.5) is 5.82 Å². The minimum absolute atomic E-state index is 0.498. The number of hydrogen-bond acceptors (Lipinski definition) is 4. The van der Waals surface area contributed by atoms with Crippen LogP contribution in [0, 0.1) is 0 Å². The van der Waals surface area contributed by atoms with Crippen LogP contribution in [0.3, 0.4) is 0 Å². The number of aromatic nitrogens is 4. The van der Waals surface area contributed by atoms with Gasteiger partial charge in [0.05, 0.1) is 0 Å². The van der Waals surface area contributed by atoms with E-state index in [9.17, 15) is 0 Å². The molecule has 1 aliphatic heterocycles. The van der Waals surface area contributed by atoms with Crippen LogP contribution < -0.4 is 5.73 Å². The summed E-state index contributed by atoms with van der Waals surface area (Å²) in [5, 5.41) is 8.48. The predicted molar refractivity (Wildman–Crippen MR) is 65.3 cm³/mol. The molecule has 2 aromatic rings. The van der Waals surface area contributed by atoms with Crippen LogP contribution >= 0.6 is 0 Å². The molecule has 0 aromatic carbocycles. The topological polar surface area (TPSA) is 69.6 Å². The van der Waals surface area contributed by atoms with Crippen LogP contribution in [-0.2, 0) is 6.42 Å². The van der Waals surface area contributed by atoms with Crippen molar-refractivity contribution in [2.45, 2.75) is 32.2 Å². The first-order valence-electron chi connectivity index (χ1n) is 5.96. The lowest BCUT2D eigenvalue weighted by molar-refractivity contribution is 0.513. The molecule has 0 radical (unpaired) electrons. The summed E-state index contributed by atoms with van der Waals surface area (Å²) in [7, 11) is 0. The molecule has 3 heterocycles. The Bertz CT molecular complexity index is 546. The maximum Gasteiger partial charge on any atom is 0.182 e. The third-order valence-corrected chi connectivity index (χ3v) is 3.30. The van der Waals surface area contributed by atoms with Gasteiger partial charge in [0.15, 0.2) is 5.82 Å². The summed E-state index contributed by atoms with van der Waals surface area (Å²) in [4.78, 5) is 4.32. The van der Waals surface area contributed by atoms with E-state index in [-0.39, 0.29) is 0 Å². The summed E-state index contributed by atoms with van der Waals surface area (Å²) >= 11 is 0. The molecule has 88 valence electrons. The molecule has 0 amide bonds. The van der Waals surface area contributed by atoms with Gasteiger partial charge in [-0.2, -0.15) is 0 Å². The summed E-state index contributed by atoms with van der Waals surface area (Å²) in [5.74, 6) is 2.43. The third-order valence-electron chi connectivity index (χ3n) is 3.30. The van der Waals surface area contributed by atoms with Gasteiger partial charge in [-0.15, -0.1) is 10.2 Å². The van der Waals surface area contributed by atoms with Gasteiger partial charge in [0.2, 0.25) is 0 Å². The Kier molecular flexibility index (Phi) is 2.31. The molecule has 0 aliphatic carbocycles. The molecule has 2 aromatic heterocycles. The molecule has 0 fully saturated rings. The number of pyridine rings is 1. The highest BCUT2D eigenvalue weighted by Gasteiger charge is 2.26. The van der Waals surface area contributed by atoms with E-state index >= 15 is 0 Å². The van der Waals surface area contributed by atoms with Crippen molar-refractivity contribution in [1.82, 2.24) is 19.7 Å². The molecule has 0 bridgehead atoms. The normalized spacial score (nSPS) is 18.3. The van der Waals surface area contributed by atoms with Crippen molar-refractivity contribution < 1.29 is 0 Å². The van der Waals surface area contributed by atoms with Gasteiger partial charge in [0.25, 0.3) is 0 Å². The first-order chi connectivity index (χ1) is 8.29. The quantitative estimate of drug-likeness (QED) is 0.852. The Morgan fingerprint density at radius 3 is 3.06 bits per heavy atom. The first-order valence-corrected chi connectivity index (χ1v) is 5.96. The summed E-state index contributed by atoms with van der Waals surface area (Å²) in [6.07, 6.45) is 3.25. The molecule has 1 aliphatic rings. The average molecular weight is 229 g/mol. The third kappa shape index (κ3) is 1.58. The minimum atomic E-state index is 0.498. The predicted octanol–water partition coefficient (Wildman–Crippen LogP) is 1.82. The first kappa shape index (κ1) is 10.3. The lowest BCUT2D eigenvalue weighted by atomic mass is 10.1. The van der Waals surface area contributed by atoms with Crippen molar-refractivity contribution in [2.75, 3.05) is 5.73 Å². The highest BCUT2D eigenvalue weighted by molar-refractivity contribution is 5.53. The fraction of sp³-hybridized carbons (Fsp3) is 0.417. The highest BCUT2D eigenvalue weighted by atomic mass is 15.3. The zero-order chi connectivity index (χ0) is 11.8. The van der Waals surface area contributed by atoms with Gasteiger partial charge in [-0.1, -0.05) is 13.0 Å². The van der Waals surface area contributed by atoms with Crippen molar-refractivity contribution in [1.29, 1.82) is 0 Å². The van der Waals surface area contributed by atoms with Crippen LogP contribution in [-0.4, -0.2) is 19.7 Å². The molecule has 0 spiro atoms. The van der Waals surface area contributed by atoms with E-state index in [0.29, 0.717) is 11.9 Å². The fourth-order valence-corrected chi connectivity index (χ4v) is 2.44. The second kappa shape index (κ2) is 3.84. The maximum absolute atomic E-state index is 5.71. The summed E-state index contributed by atoms with van der Waals surface area (Å²) in [6, 6.07) is 6.11. The van der Waals surface area contributed by atoms with Gasteiger partial charge in [0, 0.05) is 12.5 Å². The molecule has 5 heteroatoms. The second-order valence-corrected chi connectivity index (χ2v) is 4.36. The lowest BCUT2D eigenvalue weighted by Gasteiger charge is -2.12. The number of fused-ring (bicyclic) bond motifs is 1. The molecule has 0 saturated carbocycles. The van der Waals surface area contributed by atoms with E-state index in [2.05, 4.69) is 26.7 Å². The SMILES string of the molecule is CC[C@@H]1CCc2nnc(-c3cccc(N)n3)n21. The second-order valence-electron chi connectivity index (χ2n) is 4.36. The molecule has 0 saturated heterocycles. The standard InChI is InChI=1S/C12H15N5/c1-2-8-6-7-11-15-16-12(17(8)11)9-4-3-5-10(13)14-9/h3-5,8H,2,6-7H2,1H3,(H2,13,14)/t8-/m1/s1. The fourth-order valence-electron chi connectivity index (χ4n) is 2.44. The van der Waals surface area contributed by atoms with Gasteiger partial charge < -0.3 is 10.3 Å². The van der Waals surface area contributed by atoms with Gasteiger partial charge in [0.1, 0.15) is 17.3 Å². The van der Waals surface area contributed by atoms with Crippen molar-refractivity contribution in [3.8, 4) is 11.5 Å². The molecule has 1 atom stereocenters. The molecule has 17 heavy (non-hydrogen) atoms. The smallest absolute Gasteiger partial charge is 0.182 e. The molecule has 0 unspecified atom stereocenters. The van der Waals surface area contributed by atoms with E-state index < -0.39 is 0 Å². The van der Waals surface area contributed by atoms with E-state index in [0.717, 1.165) is 36.6 Å². The van der Waals surface area contributed by atoms with Gasteiger partial charge >= 0.3 is 0 Å². The van der Waals surface area contributed by atoms with E-state index in [1.807, 2.05) is 12.1 Å².